The molecule has 0 N–H and O–H groups in total. The molecule has 0 aliphatic carbocycles. The molecule has 158 valence electrons. The molecule has 0 atom stereocenters. The van der Waals surface area contributed by atoms with Gasteiger partial charge in [-0.15, -0.1) is 20.5 Å². The van der Waals surface area contributed by atoms with Gasteiger partial charge in [-0.2, -0.15) is 26.3 Å². The molecular formula is C19H14F6N4O. The molecular weight excluding hydrogens is 414 g/mol. The largest absolute Gasteiger partial charge is 0.442 e. The first kappa shape index (κ1) is 20.5. The molecule has 4 rings (SSSR count). The highest BCUT2D eigenvalue weighted by molar-refractivity contribution is 5.33. The smallest absolute Gasteiger partial charge is 0.376 e. The molecule has 2 aromatic rings. The Hall–Kier alpha value is -2.82. The summed E-state index contributed by atoms with van der Waals surface area (Å²) in [4.78, 5) is 0. The molecule has 5 nitrogen and oxygen atoms in total. The van der Waals surface area contributed by atoms with Crippen LogP contribution in [0.3, 0.4) is 0 Å². The van der Waals surface area contributed by atoms with Crippen molar-refractivity contribution in [1.29, 1.82) is 0 Å². The number of alkyl halides is 6. The van der Waals surface area contributed by atoms with Crippen molar-refractivity contribution in [2.45, 2.75) is 36.7 Å². The molecule has 0 aromatic heterocycles. The van der Waals surface area contributed by atoms with Crippen LogP contribution in [0.1, 0.15) is 22.3 Å². The quantitative estimate of drug-likeness (QED) is 0.406. The van der Waals surface area contributed by atoms with Gasteiger partial charge in [-0.1, -0.05) is 48.5 Å². The van der Waals surface area contributed by atoms with Crippen LogP contribution in [0, 0.1) is 0 Å². The van der Waals surface area contributed by atoms with Gasteiger partial charge in [0.1, 0.15) is 0 Å². The van der Waals surface area contributed by atoms with Crippen LogP contribution < -0.4 is 0 Å². The maximum absolute atomic E-state index is 13.0. The maximum Gasteiger partial charge on any atom is 0.442 e. The molecule has 2 aliphatic heterocycles. The first-order valence-corrected chi connectivity index (χ1v) is 8.86. The summed E-state index contributed by atoms with van der Waals surface area (Å²) in [7, 11) is 0. The fraction of sp³-hybridized carbons (Fsp3) is 0.368. The van der Waals surface area contributed by atoms with Crippen LogP contribution in [0.4, 0.5) is 26.3 Å². The van der Waals surface area contributed by atoms with Crippen molar-refractivity contribution in [2.24, 2.45) is 20.5 Å². The Labute approximate surface area is 166 Å². The summed E-state index contributed by atoms with van der Waals surface area (Å²) < 4.78 is 83.3. The van der Waals surface area contributed by atoms with E-state index >= 15 is 0 Å². The molecule has 2 heterocycles. The lowest BCUT2D eigenvalue weighted by Crippen LogP contribution is -2.30. The minimum absolute atomic E-state index is 0.0366. The lowest BCUT2D eigenvalue weighted by Gasteiger charge is -2.15. The standard InChI is InChI=1S/C19H14F6N4O/c20-18(21,22)16(26-27-16)14-5-1-12(2-6-14)9-10-30-11-13-3-7-15(8-4-13)17(28-29-17)19(23,24)25/h1-8H,9-11H2. The normalized spacial score (nSPS) is 18.5. The predicted octanol–water partition coefficient (Wildman–Crippen LogP) is 5.81. The Bertz CT molecular complexity index is 887. The summed E-state index contributed by atoms with van der Waals surface area (Å²) >= 11 is 0. The Morgan fingerprint density at radius 2 is 1.03 bits per heavy atom. The molecule has 0 fully saturated rings. The van der Waals surface area contributed by atoms with Gasteiger partial charge in [-0.25, -0.2) is 0 Å². The van der Waals surface area contributed by atoms with E-state index in [0.717, 1.165) is 5.56 Å². The van der Waals surface area contributed by atoms with Gasteiger partial charge in [0.2, 0.25) is 0 Å². The first-order valence-electron chi connectivity index (χ1n) is 8.86. The molecule has 0 saturated carbocycles. The summed E-state index contributed by atoms with van der Waals surface area (Å²) in [5.41, 5.74) is -3.51. The zero-order chi connectivity index (χ0) is 21.6. The molecule has 0 spiro atoms. The summed E-state index contributed by atoms with van der Waals surface area (Å²) in [5, 5.41) is 12.6. The molecule has 0 bridgehead atoms. The molecule has 0 amide bonds. The van der Waals surface area contributed by atoms with Crippen LogP contribution in [-0.2, 0) is 29.1 Å². The lowest BCUT2D eigenvalue weighted by atomic mass is 10.0. The fourth-order valence-electron chi connectivity index (χ4n) is 3.00. The number of halogens is 6. The van der Waals surface area contributed by atoms with Crippen LogP contribution in [0.5, 0.6) is 0 Å². The molecule has 30 heavy (non-hydrogen) atoms. The zero-order valence-electron chi connectivity index (χ0n) is 15.2. The van der Waals surface area contributed by atoms with Crippen LogP contribution in [-0.4, -0.2) is 19.0 Å². The van der Waals surface area contributed by atoms with E-state index < -0.39 is 23.7 Å². The van der Waals surface area contributed by atoms with E-state index in [0.29, 0.717) is 12.0 Å². The lowest BCUT2D eigenvalue weighted by molar-refractivity contribution is -0.166. The van der Waals surface area contributed by atoms with Crippen molar-refractivity contribution < 1.29 is 31.1 Å². The van der Waals surface area contributed by atoms with E-state index in [1.807, 2.05) is 0 Å². The van der Waals surface area contributed by atoms with Gasteiger partial charge in [-0.3, -0.25) is 0 Å². The topological polar surface area (TPSA) is 58.7 Å². The second-order valence-corrected chi connectivity index (χ2v) is 6.94. The van der Waals surface area contributed by atoms with Crippen LogP contribution in [0.2, 0.25) is 0 Å². The third-order valence-corrected chi connectivity index (χ3v) is 4.91. The fourth-order valence-corrected chi connectivity index (χ4v) is 3.00. The van der Waals surface area contributed by atoms with E-state index in [1.165, 1.54) is 36.4 Å². The van der Waals surface area contributed by atoms with Crippen LogP contribution >= 0.6 is 0 Å². The molecule has 0 saturated heterocycles. The predicted molar refractivity (Wildman–Crippen MR) is 91.4 cm³/mol. The van der Waals surface area contributed by atoms with E-state index in [1.54, 1.807) is 12.1 Å². The maximum atomic E-state index is 13.0. The summed E-state index contributed by atoms with van der Waals surface area (Å²) in [6, 6.07) is 11.5. The van der Waals surface area contributed by atoms with Crippen LogP contribution in [0.25, 0.3) is 0 Å². The number of hydrogen-bond donors (Lipinski definition) is 0. The highest BCUT2D eigenvalue weighted by atomic mass is 19.4. The number of ether oxygens (including phenoxy) is 1. The van der Waals surface area contributed by atoms with Crippen molar-refractivity contribution in [3.05, 3.63) is 70.8 Å². The Morgan fingerprint density at radius 1 is 0.633 bits per heavy atom. The minimum Gasteiger partial charge on any atom is -0.376 e. The molecule has 2 aliphatic rings. The molecule has 11 heteroatoms. The zero-order valence-corrected chi connectivity index (χ0v) is 15.2. The number of benzene rings is 2. The average molecular weight is 428 g/mol. The summed E-state index contributed by atoms with van der Waals surface area (Å²) in [5.74, 6) is 0. The summed E-state index contributed by atoms with van der Waals surface area (Å²) in [6.45, 7) is 0.470. The second-order valence-electron chi connectivity index (χ2n) is 6.94. The van der Waals surface area contributed by atoms with Crippen LogP contribution in [0.15, 0.2) is 69.0 Å². The number of hydrogen-bond acceptors (Lipinski definition) is 5. The monoisotopic (exact) mass is 428 g/mol. The van der Waals surface area contributed by atoms with Crippen molar-refractivity contribution in [1.82, 2.24) is 0 Å². The van der Waals surface area contributed by atoms with Gasteiger partial charge >= 0.3 is 23.7 Å². The molecule has 2 aromatic carbocycles. The highest BCUT2D eigenvalue weighted by Crippen LogP contribution is 2.53. The van der Waals surface area contributed by atoms with E-state index in [-0.39, 0.29) is 24.3 Å². The van der Waals surface area contributed by atoms with Gasteiger partial charge in [0.05, 0.1) is 13.2 Å². The Morgan fingerprint density at radius 3 is 1.40 bits per heavy atom. The van der Waals surface area contributed by atoms with E-state index in [9.17, 15) is 26.3 Å². The molecule has 0 unspecified atom stereocenters. The van der Waals surface area contributed by atoms with E-state index in [4.69, 9.17) is 4.74 Å². The first-order chi connectivity index (χ1) is 14.1. The minimum atomic E-state index is -4.57. The second kappa shape index (κ2) is 6.86. The Balaban J connectivity index is 1.26. The van der Waals surface area contributed by atoms with Gasteiger partial charge < -0.3 is 4.74 Å². The van der Waals surface area contributed by atoms with Gasteiger partial charge in [0.15, 0.2) is 0 Å². The SMILES string of the molecule is FC(F)(F)C1(c2ccc(CCOCc3ccc(C4(C(F)(F)F)N=N4)cc3)cc2)N=N1. The number of rotatable bonds is 7. The summed E-state index contributed by atoms with van der Waals surface area (Å²) in [6.07, 6.45) is -8.67. The third-order valence-electron chi connectivity index (χ3n) is 4.91. The van der Waals surface area contributed by atoms with Gasteiger partial charge in [0.25, 0.3) is 0 Å². The van der Waals surface area contributed by atoms with E-state index in [2.05, 4.69) is 20.5 Å². The van der Waals surface area contributed by atoms with Gasteiger partial charge in [-0.05, 0) is 17.5 Å². The van der Waals surface area contributed by atoms with Gasteiger partial charge in [0, 0.05) is 11.1 Å². The van der Waals surface area contributed by atoms with Crippen molar-refractivity contribution in [3.63, 3.8) is 0 Å². The van der Waals surface area contributed by atoms with Crippen molar-refractivity contribution in [2.75, 3.05) is 6.61 Å². The van der Waals surface area contributed by atoms with Crippen molar-refractivity contribution in [3.8, 4) is 0 Å². The van der Waals surface area contributed by atoms with Crippen molar-refractivity contribution >= 4 is 0 Å². The Kier molecular flexibility index (Phi) is 4.68. The highest BCUT2D eigenvalue weighted by Gasteiger charge is 2.65. The molecule has 0 radical (unpaired) electrons. The third kappa shape index (κ3) is 3.57. The number of nitrogens with zero attached hydrogens (tertiary/aromatic N) is 4. The average Bonchev–Trinajstić information content (AvgIpc) is 3.58.